The number of rotatable bonds is 8. The Hall–Kier alpha value is -0.830. The van der Waals surface area contributed by atoms with Crippen molar-refractivity contribution in [3.63, 3.8) is 0 Å². The Bertz CT molecular complexity index is 304. The van der Waals surface area contributed by atoms with Crippen molar-refractivity contribution in [2.45, 2.75) is 53.0 Å². The first-order chi connectivity index (χ1) is 8.15. The van der Waals surface area contributed by atoms with Crippen LogP contribution < -0.4 is 5.32 Å². The predicted molar refractivity (Wildman–Crippen MR) is 73.3 cm³/mol. The lowest BCUT2D eigenvalue weighted by Crippen LogP contribution is -2.23. The molecule has 0 aromatic carbocycles. The molecule has 1 heterocycles. The lowest BCUT2D eigenvalue weighted by Gasteiger charge is -2.17. The van der Waals surface area contributed by atoms with Gasteiger partial charge < -0.3 is 9.88 Å². The van der Waals surface area contributed by atoms with Crippen LogP contribution in [0.3, 0.4) is 0 Å². The van der Waals surface area contributed by atoms with Crippen LogP contribution in [0, 0.1) is 5.92 Å². The number of hydrogen-bond donors (Lipinski definition) is 1. The van der Waals surface area contributed by atoms with E-state index in [1.807, 2.05) is 6.20 Å². The smallest absolute Gasteiger partial charge is 0.108 e. The Morgan fingerprint density at radius 3 is 2.76 bits per heavy atom. The molecule has 98 valence electrons. The fraction of sp³-hybridized carbons (Fsp3) is 0.786. The van der Waals surface area contributed by atoms with Crippen molar-refractivity contribution in [1.82, 2.24) is 14.9 Å². The summed E-state index contributed by atoms with van der Waals surface area (Å²) in [5, 5.41) is 3.50. The maximum atomic E-state index is 4.43. The highest BCUT2D eigenvalue weighted by Gasteiger charge is 2.08. The fourth-order valence-electron chi connectivity index (χ4n) is 2.00. The number of nitrogens with one attached hydrogen (secondary N) is 1. The molecule has 0 aliphatic rings. The van der Waals surface area contributed by atoms with Crippen LogP contribution in [0.15, 0.2) is 12.4 Å². The first-order valence-corrected chi connectivity index (χ1v) is 6.87. The third kappa shape index (κ3) is 4.90. The van der Waals surface area contributed by atoms with E-state index in [-0.39, 0.29) is 0 Å². The number of hydrogen-bond acceptors (Lipinski definition) is 2. The molecule has 0 radical (unpaired) electrons. The van der Waals surface area contributed by atoms with E-state index in [0.29, 0.717) is 6.04 Å². The highest BCUT2D eigenvalue weighted by Crippen LogP contribution is 2.13. The normalized spacial score (nSPS) is 13.2. The minimum atomic E-state index is 0.540. The molecule has 1 atom stereocenters. The Morgan fingerprint density at radius 2 is 2.12 bits per heavy atom. The minimum Gasteiger partial charge on any atom is -0.332 e. The largest absolute Gasteiger partial charge is 0.332 e. The van der Waals surface area contributed by atoms with Crippen LogP contribution in [0.2, 0.25) is 0 Å². The van der Waals surface area contributed by atoms with Gasteiger partial charge in [0.15, 0.2) is 0 Å². The Kier molecular flexibility index (Phi) is 6.27. The van der Waals surface area contributed by atoms with Crippen molar-refractivity contribution >= 4 is 0 Å². The lowest BCUT2D eigenvalue weighted by atomic mass is 10.2. The van der Waals surface area contributed by atoms with Gasteiger partial charge in [0.1, 0.15) is 5.82 Å². The van der Waals surface area contributed by atoms with Crippen LogP contribution >= 0.6 is 0 Å². The van der Waals surface area contributed by atoms with Crippen LogP contribution in [-0.2, 0) is 6.42 Å². The molecule has 0 amide bonds. The molecule has 0 bridgehead atoms. The molecular formula is C14H27N3. The SMILES string of the molecule is CCCc1nccn1C(C)CCNCC(C)C. The van der Waals surface area contributed by atoms with Gasteiger partial charge in [-0.3, -0.25) is 0 Å². The van der Waals surface area contributed by atoms with Gasteiger partial charge in [-0.25, -0.2) is 4.98 Å². The molecule has 1 rings (SSSR count). The molecule has 17 heavy (non-hydrogen) atoms. The van der Waals surface area contributed by atoms with Gasteiger partial charge in [-0.2, -0.15) is 0 Å². The van der Waals surface area contributed by atoms with Gasteiger partial charge in [-0.05, 0) is 38.8 Å². The van der Waals surface area contributed by atoms with Crippen molar-refractivity contribution in [3.05, 3.63) is 18.2 Å². The van der Waals surface area contributed by atoms with Crippen LogP contribution in [0.1, 0.15) is 52.4 Å². The zero-order valence-corrected chi connectivity index (χ0v) is 11.7. The van der Waals surface area contributed by atoms with Gasteiger partial charge in [-0.1, -0.05) is 20.8 Å². The molecule has 1 aromatic heterocycles. The van der Waals surface area contributed by atoms with Crippen molar-refractivity contribution in [3.8, 4) is 0 Å². The zero-order chi connectivity index (χ0) is 12.7. The van der Waals surface area contributed by atoms with Gasteiger partial charge in [0.2, 0.25) is 0 Å². The number of nitrogens with zero attached hydrogens (tertiary/aromatic N) is 2. The minimum absolute atomic E-state index is 0.540. The van der Waals surface area contributed by atoms with E-state index >= 15 is 0 Å². The summed E-state index contributed by atoms with van der Waals surface area (Å²) in [4.78, 5) is 4.43. The number of aromatic nitrogens is 2. The lowest BCUT2D eigenvalue weighted by molar-refractivity contribution is 0.452. The highest BCUT2D eigenvalue weighted by molar-refractivity contribution is 4.94. The van der Waals surface area contributed by atoms with E-state index in [9.17, 15) is 0 Å². The average molecular weight is 237 g/mol. The van der Waals surface area contributed by atoms with E-state index in [2.05, 4.69) is 48.8 Å². The van der Waals surface area contributed by atoms with Gasteiger partial charge in [0, 0.05) is 24.9 Å². The Morgan fingerprint density at radius 1 is 1.35 bits per heavy atom. The summed E-state index contributed by atoms with van der Waals surface area (Å²) in [6.07, 6.45) is 7.44. The second-order valence-corrected chi connectivity index (χ2v) is 5.24. The zero-order valence-electron chi connectivity index (χ0n) is 11.7. The third-order valence-electron chi connectivity index (χ3n) is 2.99. The van der Waals surface area contributed by atoms with Gasteiger partial charge >= 0.3 is 0 Å². The number of imidazole rings is 1. The topological polar surface area (TPSA) is 29.9 Å². The quantitative estimate of drug-likeness (QED) is 0.704. The van der Waals surface area contributed by atoms with Gasteiger partial charge in [-0.15, -0.1) is 0 Å². The van der Waals surface area contributed by atoms with Crippen molar-refractivity contribution < 1.29 is 0 Å². The molecule has 1 aromatic rings. The van der Waals surface area contributed by atoms with E-state index in [1.54, 1.807) is 0 Å². The molecule has 1 N–H and O–H groups in total. The summed E-state index contributed by atoms with van der Waals surface area (Å²) in [7, 11) is 0. The summed E-state index contributed by atoms with van der Waals surface area (Å²) in [6, 6.07) is 0.540. The molecule has 0 saturated carbocycles. The molecule has 0 saturated heterocycles. The van der Waals surface area contributed by atoms with E-state index < -0.39 is 0 Å². The standard InChI is InChI=1S/C14H27N3/c1-5-6-14-16-9-10-17(14)13(4)7-8-15-11-12(2)3/h9-10,12-13,15H,5-8,11H2,1-4H3. The van der Waals surface area contributed by atoms with E-state index in [4.69, 9.17) is 0 Å². The summed E-state index contributed by atoms with van der Waals surface area (Å²) in [5.41, 5.74) is 0. The highest BCUT2D eigenvalue weighted by atomic mass is 15.1. The second kappa shape index (κ2) is 7.49. The summed E-state index contributed by atoms with van der Waals surface area (Å²) in [6.45, 7) is 11.2. The molecule has 0 fully saturated rings. The van der Waals surface area contributed by atoms with Crippen molar-refractivity contribution in [1.29, 1.82) is 0 Å². The van der Waals surface area contributed by atoms with Crippen LogP contribution in [0.5, 0.6) is 0 Å². The fourth-order valence-corrected chi connectivity index (χ4v) is 2.00. The van der Waals surface area contributed by atoms with E-state index in [1.165, 1.54) is 12.2 Å². The van der Waals surface area contributed by atoms with Crippen LogP contribution in [0.4, 0.5) is 0 Å². The molecular weight excluding hydrogens is 210 g/mol. The second-order valence-electron chi connectivity index (χ2n) is 5.24. The summed E-state index contributed by atoms with van der Waals surface area (Å²) >= 11 is 0. The maximum Gasteiger partial charge on any atom is 0.108 e. The van der Waals surface area contributed by atoms with Crippen molar-refractivity contribution in [2.24, 2.45) is 5.92 Å². The maximum absolute atomic E-state index is 4.43. The van der Waals surface area contributed by atoms with Crippen LogP contribution in [-0.4, -0.2) is 22.6 Å². The average Bonchev–Trinajstić information content (AvgIpc) is 2.72. The Balaban J connectivity index is 2.35. The molecule has 0 aliphatic carbocycles. The number of aryl methyl sites for hydroxylation is 1. The molecule has 3 nitrogen and oxygen atoms in total. The van der Waals surface area contributed by atoms with Gasteiger partial charge in [0.05, 0.1) is 0 Å². The Labute approximate surface area is 106 Å². The predicted octanol–water partition coefficient (Wildman–Crippen LogP) is 3.03. The summed E-state index contributed by atoms with van der Waals surface area (Å²) < 4.78 is 2.32. The molecule has 0 spiro atoms. The molecule has 0 aliphatic heterocycles. The summed E-state index contributed by atoms with van der Waals surface area (Å²) in [5.74, 6) is 1.96. The van der Waals surface area contributed by atoms with E-state index in [0.717, 1.165) is 31.8 Å². The molecule has 3 heteroatoms. The van der Waals surface area contributed by atoms with Crippen molar-refractivity contribution in [2.75, 3.05) is 13.1 Å². The monoisotopic (exact) mass is 237 g/mol. The van der Waals surface area contributed by atoms with Gasteiger partial charge in [0.25, 0.3) is 0 Å². The third-order valence-corrected chi connectivity index (χ3v) is 2.99. The first-order valence-electron chi connectivity index (χ1n) is 6.87. The molecule has 1 unspecified atom stereocenters. The van der Waals surface area contributed by atoms with Crippen LogP contribution in [0.25, 0.3) is 0 Å². The first kappa shape index (κ1) is 14.2.